The summed E-state index contributed by atoms with van der Waals surface area (Å²) >= 11 is 1.47. The second kappa shape index (κ2) is 9.46. The molecule has 1 heterocycles. The van der Waals surface area contributed by atoms with Crippen LogP contribution in [0.15, 0.2) is 84.2 Å². The van der Waals surface area contributed by atoms with Crippen LogP contribution in [0.3, 0.4) is 0 Å². The molecular formula is C25H24N2O2S. The molecule has 0 bridgehead atoms. The van der Waals surface area contributed by atoms with Gasteiger partial charge in [-0.05, 0) is 47.4 Å². The van der Waals surface area contributed by atoms with E-state index in [-0.39, 0.29) is 5.92 Å². The van der Waals surface area contributed by atoms with Gasteiger partial charge in [-0.2, -0.15) is 0 Å². The highest BCUT2D eigenvalue weighted by Gasteiger charge is 2.18. The minimum Gasteiger partial charge on any atom is -0.497 e. The van der Waals surface area contributed by atoms with Crippen LogP contribution < -0.4 is 15.2 Å². The maximum Gasteiger partial charge on any atom is 0.180 e. The number of nitrogen functional groups attached to an aromatic ring is 1. The minimum atomic E-state index is 0.126. The number of aromatic nitrogens is 1. The number of benzene rings is 3. The molecule has 4 rings (SSSR count). The number of hydrogen-bond acceptors (Lipinski definition) is 5. The number of nitrogens with two attached hydrogens (primary N) is 1. The van der Waals surface area contributed by atoms with Crippen LogP contribution >= 0.6 is 11.3 Å². The van der Waals surface area contributed by atoms with Crippen molar-refractivity contribution in [2.24, 2.45) is 0 Å². The summed E-state index contributed by atoms with van der Waals surface area (Å²) in [6, 6.07) is 26.6. The standard InChI is InChI=1S/C25H24N2O2S/c1-28-21-13-9-20(10-14-21)23(24-17-30-25(26)27-24)15-18-7-11-22(12-8-18)29-16-19-5-3-2-4-6-19/h2-14,17,23H,15-16H2,1H3,(H2,26,27). The van der Waals surface area contributed by atoms with E-state index in [2.05, 4.69) is 41.4 Å². The summed E-state index contributed by atoms with van der Waals surface area (Å²) in [6.07, 6.45) is 0.828. The number of nitrogens with zero attached hydrogens (tertiary/aromatic N) is 1. The molecule has 152 valence electrons. The Morgan fingerprint density at radius 3 is 2.20 bits per heavy atom. The molecule has 0 saturated heterocycles. The van der Waals surface area contributed by atoms with Gasteiger partial charge in [0.2, 0.25) is 0 Å². The predicted molar refractivity (Wildman–Crippen MR) is 122 cm³/mol. The Morgan fingerprint density at radius 2 is 1.57 bits per heavy atom. The molecule has 5 heteroatoms. The second-order valence-electron chi connectivity index (χ2n) is 7.06. The molecular weight excluding hydrogens is 392 g/mol. The molecule has 0 radical (unpaired) electrons. The van der Waals surface area contributed by atoms with Crippen LogP contribution in [-0.2, 0) is 13.0 Å². The maximum absolute atomic E-state index is 5.91. The average Bonchev–Trinajstić information content (AvgIpc) is 3.23. The number of rotatable bonds is 8. The largest absolute Gasteiger partial charge is 0.497 e. The fraction of sp³-hybridized carbons (Fsp3) is 0.160. The van der Waals surface area contributed by atoms with Crippen LogP contribution in [0.1, 0.15) is 28.3 Å². The van der Waals surface area contributed by atoms with Gasteiger partial charge in [0, 0.05) is 11.3 Å². The van der Waals surface area contributed by atoms with E-state index in [1.54, 1.807) is 7.11 Å². The van der Waals surface area contributed by atoms with Crippen molar-refractivity contribution in [1.29, 1.82) is 0 Å². The van der Waals surface area contributed by atoms with Crippen molar-refractivity contribution < 1.29 is 9.47 Å². The molecule has 0 amide bonds. The summed E-state index contributed by atoms with van der Waals surface area (Å²) in [4.78, 5) is 4.55. The second-order valence-corrected chi connectivity index (χ2v) is 7.95. The van der Waals surface area contributed by atoms with Crippen molar-refractivity contribution in [3.63, 3.8) is 0 Å². The highest BCUT2D eigenvalue weighted by atomic mass is 32.1. The van der Waals surface area contributed by atoms with Gasteiger partial charge in [0.15, 0.2) is 5.13 Å². The summed E-state index contributed by atoms with van der Waals surface area (Å²) in [5.41, 5.74) is 10.5. The summed E-state index contributed by atoms with van der Waals surface area (Å²) < 4.78 is 11.2. The smallest absolute Gasteiger partial charge is 0.180 e. The molecule has 0 aliphatic carbocycles. The Kier molecular flexibility index (Phi) is 6.30. The number of thiazole rings is 1. The van der Waals surface area contributed by atoms with Crippen molar-refractivity contribution >= 4 is 16.5 Å². The molecule has 1 atom stereocenters. The Hall–Kier alpha value is -3.31. The molecule has 1 aromatic heterocycles. The zero-order valence-electron chi connectivity index (χ0n) is 16.8. The number of hydrogen-bond donors (Lipinski definition) is 1. The van der Waals surface area contributed by atoms with E-state index in [1.165, 1.54) is 22.5 Å². The van der Waals surface area contributed by atoms with Crippen molar-refractivity contribution in [3.8, 4) is 11.5 Å². The third-order valence-electron chi connectivity index (χ3n) is 5.03. The maximum atomic E-state index is 5.91. The average molecular weight is 417 g/mol. The lowest BCUT2D eigenvalue weighted by atomic mass is 9.89. The van der Waals surface area contributed by atoms with Gasteiger partial charge < -0.3 is 15.2 Å². The molecule has 0 spiro atoms. The van der Waals surface area contributed by atoms with Gasteiger partial charge in [-0.15, -0.1) is 11.3 Å². The first-order valence-electron chi connectivity index (χ1n) is 9.82. The lowest BCUT2D eigenvalue weighted by Crippen LogP contribution is -2.06. The van der Waals surface area contributed by atoms with E-state index in [4.69, 9.17) is 15.2 Å². The van der Waals surface area contributed by atoms with Gasteiger partial charge in [0.1, 0.15) is 18.1 Å². The predicted octanol–water partition coefficient (Wildman–Crippen LogP) is 5.69. The summed E-state index contributed by atoms with van der Waals surface area (Å²) in [6.45, 7) is 0.562. The van der Waals surface area contributed by atoms with Gasteiger partial charge in [0.05, 0.1) is 12.8 Å². The molecule has 4 aromatic rings. The van der Waals surface area contributed by atoms with Gasteiger partial charge in [-0.25, -0.2) is 4.98 Å². The van der Waals surface area contributed by atoms with Crippen molar-refractivity contribution in [1.82, 2.24) is 4.98 Å². The van der Waals surface area contributed by atoms with Crippen LogP contribution in [0.4, 0.5) is 5.13 Å². The van der Waals surface area contributed by atoms with E-state index < -0.39 is 0 Å². The van der Waals surface area contributed by atoms with E-state index in [0.717, 1.165) is 29.2 Å². The molecule has 4 nitrogen and oxygen atoms in total. The third-order valence-corrected chi connectivity index (χ3v) is 5.72. The number of anilines is 1. The first-order valence-corrected chi connectivity index (χ1v) is 10.7. The quantitative estimate of drug-likeness (QED) is 0.401. The van der Waals surface area contributed by atoms with Gasteiger partial charge in [-0.3, -0.25) is 0 Å². The third kappa shape index (κ3) is 4.99. The SMILES string of the molecule is COc1ccc(C(Cc2ccc(OCc3ccccc3)cc2)c2csc(N)n2)cc1. The monoisotopic (exact) mass is 416 g/mol. The van der Waals surface area contributed by atoms with E-state index >= 15 is 0 Å². The molecule has 0 saturated carbocycles. The molecule has 0 aliphatic heterocycles. The van der Waals surface area contributed by atoms with Crippen LogP contribution in [0.25, 0.3) is 0 Å². The first-order chi connectivity index (χ1) is 14.7. The first kappa shape index (κ1) is 20.0. The van der Waals surface area contributed by atoms with Gasteiger partial charge in [0.25, 0.3) is 0 Å². The Balaban J connectivity index is 1.49. The molecule has 30 heavy (non-hydrogen) atoms. The molecule has 0 aliphatic rings. The van der Waals surface area contributed by atoms with Gasteiger partial charge in [-0.1, -0.05) is 54.6 Å². The van der Waals surface area contributed by atoms with E-state index in [1.807, 2.05) is 47.8 Å². The van der Waals surface area contributed by atoms with Gasteiger partial charge >= 0.3 is 0 Å². The lowest BCUT2D eigenvalue weighted by molar-refractivity contribution is 0.306. The topological polar surface area (TPSA) is 57.4 Å². The minimum absolute atomic E-state index is 0.126. The molecule has 3 aromatic carbocycles. The normalized spacial score (nSPS) is 11.8. The van der Waals surface area contributed by atoms with Crippen LogP contribution in [0, 0.1) is 0 Å². The van der Waals surface area contributed by atoms with Crippen molar-refractivity contribution in [3.05, 3.63) is 107 Å². The van der Waals surface area contributed by atoms with Crippen LogP contribution in [0.2, 0.25) is 0 Å². The van der Waals surface area contributed by atoms with Crippen LogP contribution in [-0.4, -0.2) is 12.1 Å². The Morgan fingerprint density at radius 1 is 0.867 bits per heavy atom. The molecule has 0 fully saturated rings. The highest BCUT2D eigenvalue weighted by Crippen LogP contribution is 2.31. The summed E-state index contributed by atoms with van der Waals surface area (Å²) in [5, 5.41) is 2.63. The van der Waals surface area contributed by atoms with Crippen molar-refractivity contribution in [2.75, 3.05) is 12.8 Å². The summed E-state index contributed by atoms with van der Waals surface area (Å²) in [5.74, 6) is 1.83. The van der Waals surface area contributed by atoms with E-state index in [0.29, 0.717) is 11.7 Å². The van der Waals surface area contributed by atoms with E-state index in [9.17, 15) is 0 Å². The number of ether oxygens (including phenoxy) is 2. The fourth-order valence-electron chi connectivity index (χ4n) is 3.39. The molecule has 2 N–H and O–H groups in total. The van der Waals surface area contributed by atoms with Crippen LogP contribution in [0.5, 0.6) is 11.5 Å². The number of methoxy groups -OCH3 is 1. The molecule has 1 unspecified atom stereocenters. The Bertz CT molecular complexity index is 1060. The van der Waals surface area contributed by atoms with Crippen molar-refractivity contribution in [2.45, 2.75) is 18.9 Å². The zero-order chi connectivity index (χ0) is 20.8. The summed E-state index contributed by atoms with van der Waals surface area (Å²) in [7, 11) is 1.68. The lowest BCUT2D eigenvalue weighted by Gasteiger charge is -2.16. The fourth-order valence-corrected chi connectivity index (χ4v) is 4.01. The Labute approximate surface area is 180 Å². The highest BCUT2D eigenvalue weighted by molar-refractivity contribution is 7.13. The zero-order valence-corrected chi connectivity index (χ0v) is 17.6.